The molecule has 4 aromatic carbocycles. The van der Waals surface area contributed by atoms with Gasteiger partial charge in [-0.3, -0.25) is 19.4 Å². The average molecular weight is 1100 g/mol. The molecule has 4 saturated heterocycles. The first kappa shape index (κ1) is 56.8. The zero-order chi connectivity index (χ0) is 55.5. The number of carbonyl (C=O) groups excluding carboxylic acids is 4. The first-order valence-electron chi connectivity index (χ1n) is 29.5. The second-order valence-corrected chi connectivity index (χ2v) is 22.8. The third-order valence-corrected chi connectivity index (χ3v) is 17.6. The standard InChI is InChI=1S/C64H80F2N8O6/c1-3-69-27-19-45(20-28-69)39-67-61(75)37-47-15-17-53-57(35-47)73(51-23-31-71(32-24-51)41-55(65)49-11-7-5-8-12-49)43-59(53)79-63(77)64(78)80-60-44-74(52-25-33-72(34-26-52)42-56(66)50-13-9-6-10-14-50)58-36-48(16-18-54(58)60)38-62(76)68-40-46-21-29-70(4-2)30-22-46/h5-18,35-36,43-46,51-52,55-56H,3-4,19-34,37-42H2,1-2H3,(H,67,75)(H,68,76). The Labute approximate surface area is 469 Å². The Hall–Kier alpha value is -6.46. The van der Waals surface area contributed by atoms with Crippen molar-refractivity contribution >= 4 is 45.6 Å². The van der Waals surface area contributed by atoms with Crippen molar-refractivity contribution in [2.24, 2.45) is 11.8 Å². The zero-order valence-corrected chi connectivity index (χ0v) is 46.7. The van der Waals surface area contributed by atoms with Crippen LogP contribution in [-0.4, -0.2) is 144 Å². The van der Waals surface area contributed by atoms with E-state index in [1.54, 1.807) is 12.4 Å². The number of halogens is 2. The summed E-state index contributed by atoms with van der Waals surface area (Å²) in [5.74, 6) is -1.22. The number of alkyl halides is 2. The molecule has 0 radical (unpaired) electrons. The molecule has 2 aromatic heterocycles. The number of fused-ring (bicyclic) bond motifs is 2. The molecule has 2 atom stereocenters. The van der Waals surface area contributed by atoms with E-state index >= 15 is 8.78 Å². The van der Waals surface area contributed by atoms with Gasteiger partial charge in [-0.05, 0) is 149 Å². The van der Waals surface area contributed by atoms with E-state index in [2.05, 4.69) is 53.2 Å². The SMILES string of the molecule is CCN1CCC(CNC(=O)Cc2ccc3c(OC(=O)C(=O)Oc4cn(C5CCN(CC(F)c6ccccc6)CC5)c5cc(CC(=O)NCC6CCN(CC)CC6)ccc45)cn(C4CCN(CC(F)c5ccccc5)CC4)c3c2)CC1. The molecule has 0 bridgehead atoms. The molecule has 426 valence electrons. The minimum atomic E-state index is -1.19. The number of benzene rings is 4. The molecule has 6 heterocycles. The number of aromatic nitrogens is 2. The van der Waals surface area contributed by atoms with Crippen LogP contribution in [0.2, 0.25) is 0 Å². The van der Waals surface area contributed by atoms with Gasteiger partial charge in [0.05, 0.1) is 23.9 Å². The smallest absolute Gasteiger partial charge is 0.416 e. The van der Waals surface area contributed by atoms with Crippen molar-refractivity contribution in [1.29, 1.82) is 0 Å². The van der Waals surface area contributed by atoms with Gasteiger partial charge in [-0.2, -0.15) is 0 Å². The van der Waals surface area contributed by atoms with Gasteiger partial charge in [-0.25, -0.2) is 18.4 Å². The van der Waals surface area contributed by atoms with Crippen molar-refractivity contribution < 1.29 is 37.4 Å². The van der Waals surface area contributed by atoms with Gasteiger partial charge >= 0.3 is 11.9 Å². The van der Waals surface area contributed by atoms with Crippen molar-refractivity contribution in [2.75, 3.05) is 91.6 Å². The molecule has 0 aliphatic carbocycles. The van der Waals surface area contributed by atoms with E-state index in [-0.39, 0.29) is 61.3 Å². The average Bonchev–Trinajstić information content (AvgIpc) is 4.03. The molecule has 6 aromatic rings. The number of piperidine rings is 4. The van der Waals surface area contributed by atoms with Crippen LogP contribution < -0.4 is 20.1 Å². The summed E-state index contributed by atoms with van der Waals surface area (Å²) in [6, 6.07) is 29.7. The fraction of sp³-hybridized carbons (Fsp3) is 0.500. The van der Waals surface area contributed by atoms with E-state index in [0.717, 1.165) is 87.1 Å². The lowest BCUT2D eigenvalue weighted by Gasteiger charge is -2.33. The third kappa shape index (κ3) is 14.3. The predicted octanol–water partition coefficient (Wildman–Crippen LogP) is 9.58. The van der Waals surface area contributed by atoms with Gasteiger partial charge in [-0.15, -0.1) is 0 Å². The van der Waals surface area contributed by atoms with Crippen LogP contribution in [-0.2, 0) is 32.0 Å². The summed E-state index contributed by atoms with van der Waals surface area (Å²) in [4.78, 5) is 64.0. The molecular formula is C64H80F2N8O6. The number of amides is 2. The highest BCUT2D eigenvalue weighted by Crippen LogP contribution is 2.38. The Balaban J connectivity index is 0.847. The van der Waals surface area contributed by atoms with E-state index in [9.17, 15) is 19.2 Å². The first-order valence-corrected chi connectivity index (χ1v) is 29.5. The molecule has 2 amide bonds. The summed E-state index contributed by atoms with van der Waals surface area (Å²) in [5.41, 5.74) is 4.46. The van der Waals surface area contributed by atoms with Gasteiger partial charge in [0.25, 0.3) is 0 Å². The fourth-order valence-electron chi connectivity index (χ4n) is 12.6. The Kier molecular flexibility index (Phi) is 19.1. The van der Waals surface area contributed by atoms with Gasteiger partial charge in [0.2, 0.25) is 11.8 Å². The molecule has 4 aliphatic rings. The molecule has 4 fully saturated rings. The van der Waals surface area contributed by atoms with E-state index < -0.39 is 24.3 Å². The second-order valence-electron chi connectivity index (χ2n) is 22.8. The van der Waals surface area contributed by atoms with Crippen LogP contribution in [0.25, 0.3) is 21.8 Å². The van der Waals surface area contributed by atoms with Gasteiger partial charge in [0, 0.05) is 87.6 Å². The summed E-state index contributed by atoms with van der Waals surface area (Å²) in [7, 11) is 0. The highest BCUT2D eigenvalue weighted by atomic mass is 19.1. The van der Waals surface area contributed by atoms with E-state index in [4.69, 9.17) is 9.47 Å². The monoisotopic (exact) mass is 1090 g/mol. The van der Waals surface area contributed by atoms with Crippen molar-refractivity contribution in [1.82, 2.24) is 39.4 Å². The van der Waals surface area contributed by atoms with E-state index in [0.29, 0.717) is 98.7 Å². The Bertz CT molecular complexity index is 2820. The maximum Gasteiger partial charge on any atom is 0.423 e. The molecule has 80 heavy (non-hydrogen) atoms. The molecule has 2 unspecified atom stereocenters. The number of esters is 2. The van der Waals surface area contributed by atoms with Crippen molar-refractivity contribution in [2.45, 2.75) is 102 Å². The molecule has 14 nitrogen and oxygen atoms in total. The summed E-state index contributed by atoms with van der Waals surface area (Å²) in [5, 5.41) is 7.56. The minimum absolute atomic E-state index is 0.0267. The number of hydrogen-bond acceptors (Lipinski definition) is 10. The fourth-order valence-corrected chi connectivity index (χ4v) is 12.6. The summed E-state index contributed by atoms with van der Waals surface area (Å²) in [6.07, 6.45) is 8.74. The van der Waals surface area contributed by atoms with Gasteiger partial charge in [0.15, 0.2) is 11.5 Å². The number of nitrogens with zero attached hydrogens (tertiary/aromatic N) is 6. The van der Waals surface area contributed by atoms with Crippen LogP contribution in [0, 0.1) is 11.8 Å². The summed E-state index contributed by atoms with van der Waals surface area (Å²) < 4.78 is 47.0. The predicted molar refractivity (Wildman–Crippen MR) is 308 cm³/mol. The van der Waals surface area contributed by atoms with E-state index in [1.165, 1.54) is 0 Å². The molecule has 10 rings (SSSR count). The number of likely N-dealkylation sites (tertiary alicyclic amines) is 4. The maximum atomic E-state index is 15.4. The molecular weight excluding hydrogens is 1010 g/mol. The van der Waals surface area contributed by atoms with Crippen LogP contribution in [0.15, 0.2) is 109 Å². The van der Waals surface area contributed by atoms with Crippen LogP contribution in [0.1, 0.15) is 112 Å². The second kappa shape index (κ2) is 26.9. The van der Waals surface area contributed by atoms with Crippen molar-refractivity contribution in [3.05, 3.63) is 132 Å². The van der Waals surface area contributed by atoms with Gasteiger partial charge in [0.1, 0.15) is 12.3 Å². The number of carbonyl (C=O) groups is 4. The molecule has 16 heteroatoms. The molecule has 0 saturated carbocycles. The normalized spacial score (nSPS) is 18.8. The van der Waals surface area contributed by atoms with Gasteiger partial charge in [-0.1, -0.05) is 86.6 Å². The van der Waals surface area contributed by atoms with Crippen LogP contribution in [0.5, 0.6) is 11.5 Å². The zero-order valence-electron chi connectivity index (χ0n) is 46.7. The highest BCUT2D eigenvalue weighted by Gasteiger charge is 2.31. The quantitative estimate of drug-likeness (QED) is 0.0563. The summed E-state index contributed by atoms with van der Waals surface area (Å²) in [6.45, 7) is 15.1. The Morgan fingerprint density at radius 1 is 0.500 bits per heavy atom. The van der Waals surface area contributed by atoms with Crippen molar-refractivity contribution in [3.63, 3.8) is 0 Å². The largest absolute Gasteiger partial charge is 0.423 e. The first-order chi connectivity index (χ1) is 39.0. The topological polar surface area (TPSA) is 134 Å². The van der Waals surface area contributed by atoms with Crippen LogP contribution in [0.4, 0.5) is 8.78 Å². The van der Waals surface area contributed by atoms with Crippen molar-refractivity contribution in [3.8, 4) is 11.5 Å². The maximum absolute atomic E-state index is 15.4. The molecule has 2 N–H and O–H groups in total. The lowest BCUT2D eigenvalue weighted by Crippen LogP contribution is -2.38. The lowest BCUT2D eigenvalue weighted by atomic mass is 9.96. The van der Waals surface area contributed by atoms with Crippen LogP contribution >= 0.6 is 0 Å². The molecule has 4 aliphatic heterocycles. The minimum Gasteiger partial charge on any atom is -0.416 e. The summed E-state index contributed by atoms with van der Waals surface area (Å²) >= 11 is 0. The van der Waals surface area contributed by atoms with E-state index in [1.807, 2.05) is 97.1 Å². The highest BCUT2D eigenvalue weighted by molar-refractivity contribution is 6.31. The Morgan fingerprint density at radius 3 is 1.23 bits per heavy atom. The van der Waals surface area contributed by atoms with Gasteiger partial charge < -0.3 is 39.0 Å². The molecule has 0 spiro atoms. The number of nitrogens with one attached hydrogen (secondary N) is 2. The number of rotatable bonds is 20. The van der Waals surface area contributed by atoms with Crippen LogP contribution in [0.3, 0.4) is 0 Å². The Morgan fingerprint density at radius 2 is 0.863 bits per heavy atom. The third-order valence-electron chi connectivity index (χ3n) is 17.6. The lowest BCUT2D eigenvalue weighted by molar-refractivity contribution is -0.156. The number of hydrogen-bond donors (Lipinski definition) is 2. The number of ether oxygens (including phenoxy) is 2.